The second-order valence-electron chi connectivity index (χ2n) is 7.96. The van der Waals surface area contributed by atoms with E-state index >= 15 is 0 Å². The van der Waals surface area contributed by atoms with Crippen LogP contribution in [0.3, 0.4) is 0 Å². The molecule has 9 nitrogen and oxygen atoms in total. The van der Waals surface area contributed by atoms with Crippen LogP contribution in [-0.4, -0.2) is 47.3 Å². The maximum atomic E-state index is 12.8. The van der Waals surface area contributed by atoms with Crippen molar-refractivity contribution in [1.82, 2.24) is 15.1 Å². The second kappa shape index (κ2) is 7.73. The van der Waals surface area contributed by atoms with Crippen LogP contribution in [0.2, 0.25) is 0 Å². The van der Waals surface area contributed by atoms with Gasteiger partial charge in [0, 0.05) is 6.04 Å². The van der Waals surface area contributed by atoms with Crippen LogP contribution in [0.4, 0.5) is 5.88 Å². The van der Waals surface area contributed by atoms with E-state index in [-0.39, 0.29) is 29.9 Å². The molecule has 9 heteroatoms. The Morgan fingerprint density at radius 3 is 2.87 bits per heavy atom. The summed E-state index contributed by atoms with van der Waals surface area (Å²) in [5.74, 6) is 2.00. The standard InChI is InChI=1S/C22H24N4O5/c1-12-19-13(2)31-22(20(19)21(28)25-24-12)23-18(27)11-26-7-3-4-15(26)14-5-6-16-17(10-14)30-9-8-29-16/h5-6,10,15H,3-4,7-9,11H2,1-2H3,(H,23,27)(H,25,28). The third-order valence-electron chi connectivity index (χ3n) is 5.91. The number of anilines is 1. The van der Waals surface area contributed by atoms with E-state index in [1.165, 1.54) is 0 Å². The predicted molar refractivity (Wildman–Crippen MR) is 114 cm³/mol. The van der Waals surface area contributed by atoms with Crippen molar-refractivity contribution >= 4 is 22.6 Å². The number of fused-ring (bicyclic) bond motifs is 2. The Bertz CT molecular complexity index is 1210. The highest BCUT2D eigenvalue weighted by Gasteiger charge is 2.29. The summed E-state index contributed by atoms with van der Waals surface area (Å²) in [6.07, 6.45) is 1.96. The highest BCUT2D eigenvalue weighted by Crippen LogP contribution is 2.38. The third-order valence-corrected chi connectivity index (χ3v) is 5.91. The number of H-pyrrole nitrogens is 1. The van der Waals surface area contributed by atoms with Crippen LogP contribution >= 0.6 is 0 Å². The molecule has 1 saturated heterocycles. The minimum absolute atomic E-state index is 0.117. The smallest absolute Gasteiger partial charge is 0.277 e. The van der Waals surface area contributed by atoms with E-state index in [1.54, 1.807) is 13.8 Å². The summed E-state index contributed by atoms with van der Waals surface area (Å²) >= 11 is 0. The maximum absolute atomic E-state index is 12.8. The molecule has 1 aromatic carbocycles. The summed E-state index contributed by atoms with van der Waals surface area (Å²) < 4.78 is 17.0. The first kappa shape index (κ1) is 19.6. The van der Waals surface area contributed by atoms with Crippen molar-refractivity contribution in [2.45, 2.75) is 32.7 Å². The molecule has 5 rings (SSSR count). The normalized spacial score (nSPS) is 18.5. The Labute approximate surface area is 178 Å². The third kappa shape index (κ3) is 3.54. The van der Waals surface area contributed by atoms with E-state index in [2.05, 4.69) is 20.4 Å². The van der Waals surface area contributed by atoms with Crippen LogP contribution in [0.1, 0.15) is 35.9 Å². The maximum Gasteiger partial charge on any atom is 0.277 e. The molecular weight excluding hydrogens is 400 g/mol. The largest absolute Gasteiger partial charge is 0.486 e. The van der Waals surface area contributed by atoms with Crippen molar-refractivity contribution < 1.29 is 18.7 Å². The molecule has 0 radical (unpaired) electrons. The molecular formula is C22H24N4O5. The number of amides is 1. The van der Waals surface area contributed by atoms with Crippen LogP contribution < -0.4 is 20.3 Å². The van der Waals surface area contributed by atoms with Crippen molar-refractivity contribution in [2.75, 3.05) is 31.6 Å². The number of carbonyl (C=O) groups is 1. The first-order chi connectivity index (χ1) is 15.0. The van der Waals surface area contributed by atoms with Gasteiger partial charge in [0.2, 0.25) is 11.8 Å². The molecule has 0 bridgehead atoms. The van der Waals surface area contributed by atoms with Gasteiger partial charge in [-0.1, -0.05) is 6.07 Å². The monoisotopic (exact) mass is 424 g/mol. The number of nitrogens with zero attached hydrogens (tertiary/aromatic N) is 2. The molecule has 162 valence electrons. The number of aromatic nitrogens is 2. The second-order valence-corrected chi connectivity index (χ2v) is 7.96. The Hall–Kier alpha value is -3.33. The average molecular weight is 424 g/mol. The molecule has 2 aromatic heterocycles. The Balaban J connectivity index is 1.34. The lowest BCUT2D eigenvalue weighted by atomic mass is 10.0. The number of carbonyl (C=O) groups excluding carboxylic acids is 1. The Morgan fingerprint density at radius 1 is 1.23 bits per heavy atom. The summed E-state index contributed by atoms with van der Waals surface area (Å²) in [6, 6.07) is 6.09. The molecule has 0 spiro atoms. The fourth-order valence-electron chi connectivity index (χ4n) is 4.54. The van der Waals surface area contributed by atoms with E-state index in [0.717, 1.165) is 36.4 Å². The van der Waals surface area contributed by atoms with E-state index < -0.39 is 0 Å². The molecule has 3 aromatic rings. The number of furan rings is 1. The summed E-state index contributed by atoms with van der Waals surface area (Å²) in [4.78, 5) is 27.3. The Kier molecular flexibility index (Phi) is 4.90. The minimum atomic E-state index is -0.386. The van der Waals surface area contributed by atoms with Crippen LogP contribution in [-0.2, 0) is 4.79 Å². The van der Waals surface area contributed by atoms with Gasteiger partial charge in [-0.3, -0.25) is 19.8 Å². The van der Waals surface area contributed by atoms with Gasteiger partial charge in [0.1, 0.15) is 24.4 Å². The molecule has 0 saturated carbocycles. The molecule has 2 aliphatic rings. The van der Waals surface area contributed by atoms with Gasteiger partial charge in [0.25, 0.3) is 5.56 Å². The van der Waals surface area contributed by atoms with Gasteiger partial charge in [-0.2, -0.15) is 5.10 Å². The van der Waals surface area contributed by atoms with Crippen LogP contribution in [0.25, 0.3) is 10.8 Å². The molecule has 31 heavy (non-hydrogen) atoms. The molecule has 1 amide bonds. The number of ether oxygens (including phenoxy) is 2. The first-order valence-corrected chi connectivity index (χ1v) is 10.4. The molecule has 0 aliphatic carbocycles. The van der Waals surface area contributed by atoms with E-state index in [0.29, 0.717) is 35.4 Å². The number of hydrogen-bond acceptors (Lipinski definition) is 7. The number of rotatable bonds is 4. The van der Waals surface area contributed by atoms with Gasteiger partial charge < -0.3 is 13.9 Å². The summed E-state index contributed by atoms with van der Waals surface area (Å²) in [5, 5.41) is 10.2. The van der Waals surface area contributed by atoms with Gasteiger partial charge in [0.05, 0.1) is 17.6 Å². The number of aryl methyl sites for hydroxylation is 2. The number of hydrogen-bond donors (Lipinski definition) is 2. The predicted octanol–water partition coefficient (Wildman–Crippen LogP) is 2.68. The number of nitrogens with one attached hydrogen (secondary N) is 2. The zero-order valence-corrected chi connectivity index (χ0v) is 17.5. The number of likely N-dealkylation sites (tertiary alicyclic amines) is 1. The lowest BCUT2D eigenvalue weighted by molar-refractivity contribution is -0.117. The van der Waals surface area contributed by atoms with Crippen molar-refractivity contribution in [3.05, 3.63) is 45.6 Å². The molecule has 1 fully saturated rings. The van der Waals surface area contributed by atoms with Gasteiger partial charge in [0.15, 0.2) is 11.5 Å². The molecule has 1 unspecified atom stereocenters. The summed E-state index contributed by atoms with van der Waals surface area (Å²) in [7, 11) is 0. The topological polar surface area (TPSA) is 110 Å². The average Bonchev–Trinajstić information content (AvgIpc) is 3.35. The first-order valence-electron chi connectivity index (χ1n) is 10.4. The zero-order chi connectivity index (χ0) is 21.5. The van der Waals surface area contributed by atoms with Gasteiger partial charge in [-0.15, -0.1) is 0 Å². The number of aromatic amines is 1. The molecule has 2 N–H and O–H groups in total. The van der Waals surface area contributed by atoms with Crippen molar-refractivity contribution in [1.29, 1.82) is 0 Å². The lowest BCUT2D eigenvalue weighted by Crippen LogP contribution is -2.33. The van der Waals surface area contributed by atoms with Crippen molar-refractivity contribution in [3.63, 3.8) is 0 Å². The van der Waals surface area contributed by atoms with Crippen LogP contribution in [0.15, 0.2) is 27.4 Å². The minimum Gasteiger partial charge on any atom is -0.486 e. The van der Waals surface area contributed by atoms with Gasteiger partial charge >= 0.3 is 0 Å². The zero-order valence-electron chi connectivity index (χ0n) is 17.5. The van der Waals surface area contributed by atoms with E-state index in [9.17, 15) is 9.59 Å². The fourth-order valence-corrected chi connectivity index (χ4v) is 4.54. The highest BCUT2D eigenvalue weighted by atomic mass is 16.6. The summed E-state index contributed by atoms with van der Waals surface area (Å²) in [6.45, 7) is 5.65. The van der Waals surface area contributed by atoms with Crippen LogP contribution in [0, 0.1) is 13.8 Å². The quantitative estimate of drug-likeness (QED) is 0.663. The van der Waals surface area contributed by atoms with E-state index in [4.69, 9.17) is 13.9 Å². The van der Waals surface area contributed by atoms with Gasteiger partial charge in [-0.05, 0) is 50.9 Å². The van der Waals surface area contributed by atoms with Crippen LogP contribution in [0.5, 0.6) is 11.5 Å². The number of benzene rings is 1. The van der Waals surface area contributed by atoms with Crippen molar-refractivity contribution in [3.8, 4) is 11.5 Å². The lowest BCUT2D eigenvalue weighted by Gasteiger charge is -2.26. The van der Waals surface area contributed by atoms with E-state index in [1.807, 2.05) is 18.2 Å². The highest BCUT2D eigenvalue weighted by molar-refractivity contribution is 6.01. The summed E-state index contributed by atoms with van der Waals surface area (Å²) in [5.41, 5.74) is 1.37. The van der Waals surface area contributed by atoms with Gasteiger partial charge in [-0.25, -0.2) is 5.10 Å². The molecule has 1 atom stereocenters. The molecule has 4 heterocycles. The Morgan fingerprint density at radius 2 is 2.03 bits per heavy atom. The van der Waals surface area contributed by atoms with Crippen molar-refractivity contribution in [2.24, 2.45) is 0 Å². The molecule has 2 aliphatic heterocycles. The fraction of sp³-hybridized carbons (Fsp3) is 0.409. The SMILES string of the molecule is Cc1n[nH]c(=O)c2c(NC(=O)CN3CCCC3c3ccc4c(c3)OCCO4)oc(C)c12.